The van der Waals surface area contributed by atoms with Crippen LogP contribution in [0.1, 0.15) is 29.7 Å². The van der Waals surface area contributed by atoms with E-state index in [1.54, 1.807) is 13.2 Å². The molecule has 3 aromatic rings. The van der Waals surface area contributed by atoms with Crippen LogP contribution in [0.3, 0.4) is 0 Å². The molecule has 0 heterocycles. The summed E-state index contributed by atoms with van der Waals surface area (Å²) >= 11 is 0. The zero-order valence-corrected chi connectivity index (χ0v) is 14.0. The van der Waals surface area contributed by atoms with E-state index in [1.165, 1.54) is 6.92 Å². The maximum atomic E-state index is 11.7. The van der Waals surface area contributed by atoms with Crippen molar-refractivity contribution in [1.82, 2.24) is 0 Å². The van der Waals surface area contributed by atoms with E-state index in [0.717, 1.165) is 16.3 Å². The molecule has 0 aromatic heterocycles. The Morgan fingerprint density at radius 3 is 2.52 bits per heavy atom. The average Bonchev–Trinajstić information content (AvgIpc) is 2.64. The third-order valence-corrected chi connectivity index (χ3v) is 4.81. The van der Waals surface area contributed by atoms with E-state index in [-0.39, 0.29) is 0 Å². The van der Waals surface area contributed by atoms with Gasteiger partial charge in [-0.3, -0.25) is 4.79 Å². The third-order valence-electron chi connectivity index (χ3n) is 4.81. The van der Waals surface area contributed by atoms with Gasteiger partial charge in [0.25, 0.3) is 0 Å². The predicted molar refractivity (Wildman–Crippen MR) is 94.4 cm³/mol. The largest absolute Gasteiger partial charge is 0.496 e. The van der Waals surface area contributed by atoms with Crippen molar-refractivity contribution in [3.05, 3.63) is 77.4 Å². The minimum absolute atomic E-state index is 0.433. The highest BCUT2D eigenvalue weighted by atomic mass is 16.6. The number of hydrogen-bond donors (Lipinski definition) is 1. The number of fused-ring (bicyclic) bond motifs is 2. The van der Waals surface area contributed by atoms with E-state index >= 15 is 0 Å². The van der Waals surface area contributed by atoms with Gasteiger partial charge >= 0.3 is 5.97 Å². The summed E-state index contributed by atoms with van der Waals surface area (Å²) in [5.41, 5.74) is 0.674. The Bertz CT molecular complexity index is 973. The summed E-state index contributed by atoms with van der Waals surface area (Å²) in [5.74, 6) is 0.147. The first-order chi connectivity index (χ1) is 12.1. The second-order valence-corrected chi connectivity index (χ2v) is 6.21. The van der Waals surface area contributed by atoms with Gasteiger partial charge in [0.05, 0.1) is 7.11 Å². The van der Waals surface area contributed by atoms with Crippen molar-refractivity contribution in [2.75, 3.05) is 7.11 Å². The number of hydrogen-bond acceptors (Lipinski definition) is 4. The molecular weight excluding hydrogens is 316 g/mol. The molecule has 0 saturated carbocycles. The maximum absolute atomic E-state index is 11.7. The first-order valence-electron chi connectivity index (χ1n) is 8.12. The Hall–Kier alpha value is -2.85. The highest BCUT2D eigenvalue weighted by molar-refractivity contribution is 5.88. The molecule has 1 N–H and O–H groups in total. The average molecular weight is 334 g/mol. The number of carbonyl (C=O) groups is 1. The number of carbonyl (C=O) groups excluding carboxylic acids is 1. The SMILES string of the molecule is COc1cccc2c1[C@](O)(c1cccc3ccccc13)[C@H]2OC(C)=O. The van der Waals surface area contributed by atoms with Gasteiger partial charge in [0, 0.05) is 23.6 Å². The normalized spacial score (nSPS) is 21.3. The lowest BCUT2D eigenvalue weighted by Gasteiger charge is -2.47. The summed E-state index contributed by atoms with van der Waals surface area (Å²) in [4.78, 5) is 11.6. The first-order valence-corrected chi connectivity index (χ1v) is 8.12. The number of esters is 1. The summed E-state index contributed by atoms with van der Waals surface area (Å²) in [5, 5.41) is 13.6. The van der Waals surface area contributed by atoms with Crippen molar-refractivity contribution in [3.63, 3.8) is 0 Å². The second-order valence-electron chi connectivity index (χ2n) is 6.21. The Morgan fingerprint density at radius 1 is 1.04 bits per heavy atom. The van der Waals surface area contributed by atoms with E-state index < -0.39 is 17.7 Å². The van der Waals surface area contributed by atoms with Crippen LogP contribution in [0.5, 0.6) is 5.75 Å². The fraction of sp³-hybridized carbons (Fsp3) is 0.190. The molecule has 3 aromatic carbocycles. The molecule has 2 atom stereocenters. The van der Waals surface area contributed by atoms with E-state index in [9.17, 15) is 9.90 Å². The Labute approximate surface area is 145 Å². The fourth-order valence-electron chi connectivity index (χ4n) is 3.77. The molecule has 4 rings (SSSR count). The smallest absolute Gasteiger partial charge is 0.303 e. The molecule has 4 heteroatoms. The lowest BCUT2D eigenvalue weighted by atomic mass is 9.65. The zero-order chi connectivity index (χ0) is 17.6. The maximum Gasteiger partial charge on any atom is 0.303 e. The molecule has 0 amide bonds. The van der Waals surface area contributed by atoms with Crippen LogP contribution in [0.4, 0.5) is 0 Å². The van der Waals surface area contributed by atoms with Crippen LogP contribution < -0.4 is 4.74 Å². The molecule has 0 fully saturated rings. The van der Waals surface area contributed by atoms with Crippen LogP contribution in [-0.4, -0.2) is 18.2 Å². The van der Waals surface area contributed by atoms with Gasteiger partial charge in [-0.05, 0) is 16.8 Å². The van der Waals surface area contributed by atoms with Crippen LogP contribution in [0.2, 0.25) is 0 Å². The summed E-state index contributed by atoms with van der Waals surface area (Å²) < 4.78 is 10.9. The van der Waals surface area contributed by atoms with Crippen molar-refractivity contribution in [3.8, 4) is 5.75 Å². The van der Waals surface area contributed by atoms with Crippen molar-refractivity contribution >= 4 is 16.7 Å². The fourth-order valence-corrected chi connectivity index (χ4v) is 3.77. The number of aliphatic hydroxyl groups is 1. The third kappa shape index (κ3) is 2.14. The minimum atomic E-state index is -1.45. The molecule has 0 aliphatic heterocycles. The zero-order valence-electron chi connectivity index (χ0n) is 14.0. The van der Waals surface area contributed by atoms with Gasteiger partial charge in [0.15, 0.2) is 11.7 Å². The van der Waals surface area contributed by atoms with Crippen molar-refractivity contribution in [2.45, 2.75) is 18.6 Å². The number of benzene rings is 3. The molecule has 0 saturated heterocycles. The number of methoxy groups -OCH3 is 1. The van der Waals surface area contributed by atoms with Crippen LogP contribution in [0.25, 0.3) is 10.8 Å². The van der Waals surface area contributed by atoms with Gasteiger partial charge in [0.2, 0.25) is 0 Å². The number of ether oxygens (including phenoxy) is 2. The van der Waals surface area contributed by atoms with Gasteiger partial charge < -0.3 is 14.6 Å². The Balaban J connectivity index is 2.00. The lowest BCUT2D eigenvalue weighted by molar-refractivity contribution is -0.167. The van der Waals surface area contributed by atoms with Gasteiger partial charge in [0.1, 0.15) is 5.75 Å². The van der Waals surface area contributed by atoms with E-state index in [2.05, 4.69) is 0 Å². The Kier molecular flexibility index (Phi) is 3.51. The summed E-state index contributed by atoms with van der Waals surface area (Å²) in [7, 11) is 1.57. The standard InChI is InChI=1S/C21H18O4/c1-13(22)25-20-16-10-6-12-18(24-2)19(16)21(20,23)17-11-5-8-14-7-3-4-9-15(14)17/h3-12,20,23H,1-2H3/t20-,21+/m0/s1. The minimum Gasteiger partial charge on any atom is -0.496 e. The molecular formula is C21H18O4. The molecule has 1 aliphatic rings. The highest BCUT2D eigenvalue weighted by Crippen LogP contribution is 2.58. The molecule has 126 valence electrons. The first kappa shape index (κ1) is 15.7. The van der Waals surface area contributed by atoms with Crippen molar-refractivity contribution < 1.29 is 19.4 Å². The summed E-state index contributed by atoms with van der Waals surface area (Å²) in [6.07, 6.45) is -0.763. The molecule has 25 heavy (non-hydrogen) atoms. The highest BCUT2D eigenvalue weighted by Gasteiger charge is 2.56. The predicted octanol–water partition coefficient (Wildman–Crippen LogP) is 3.70. The quantitative estimate of drug-likeness (QED) is 0.742. The molecule has 4 nitrogen and oxygen atoms in total. The van der Waals surface area contributed by atoms with Gasteiger partial charge in [-0.2, -0.15) is 0 Å². The monoisotopic (exact) mass is 334 g/mol. The van der Waals surface area contributed by atoms with E-state index in [4.69, 9.17) is 9.47 Å². The van der Waals surface area contributed by atoms with E-state index in [0.29, 0.717) is 16.9 Å². The molecule has 0 unspecified atom stereocenters. The van der Waals surface area contributed by atoms with Crippen LogP contribution in [0, 0.1) is 0 Å². The molecule has 0 bridgehead atoms. The van der Waals surface area contributed by atoms with Crippen molar-refractivity contribution in [2.24, 2.45) is 0 Å². The van der Waals surface area contributed by atoms with Crippen LogP contribution >= 0.6 is 0 Å². The topological polar surface area (TPSA) is 55.8 Å². The van der Waals surface area contributed by atoms with Crippen LogP contribution in [-0.2, 0) is 15.1 Å². The lowest BCUT2D eigenvalue weighted by Crippen LogP contribution is -2.47. The van der Waals surface area contributed by atoms with Gasteiger partial charge in [-0.15, -0.1) is 0 Å². The van der Waals surface area contributed by atoms with E-state index in [1.807, 2.05) is 54.6 Å². The molecule has 0 spiro atoms. The summed E-state index contributed by atoms with van der Waals surface area (Å²) in [6.45, 7) is 1.35. The second kappa shape index (κ2) is 5.60. The van der Waals surface area contributed by atoms with Gasteiger partial charge in [-0.1, -0.05) is 54.6 Å². The van der Waals surface area contributed by atoms with Gasteiger partial charge in [-0.25, -0.2) is 0 Å². The van der Waals surface area contributed by atoms with Crippen molar-refractivity contribution in [1.29, 1.82) is 0 Å². The molecule has 0 radical (unpaired) electrons. The molecule has 1 aliphatic carbocycles. The number of rotatable bonds is 3. The van der Waals surface area contributed by atoms with Crippen LogP contribution in [0.15, 0.2) is 60.7 Å². The summed E-state index contributed by atoms with van der Waals surface area (Å²) in [6, 6.07) is 19.1. The Morgan fingerprint density at radius 2 is 1.76 bits per heavy atom.